The van der Waals surface area contributed by atoms with E-state index in [9.17, 15) is 13.2 Å². The Morgan fingerprint density at radius 2 is 2.17 bits per heavy atom. The maximum Gasteiger partial charge on any atom is 0.335 e. The second kappa shape index (κ2) is 3.36. The molecule has 0 fully saturated rings. The van der Waals surface area contributed by atoms with E-state index in [1.165, 1.54) is 12.2 Å². The first-order valence-corrected chi connectivity index (χ1v) is 4.25. The minimum absolute atomic E-state index is 0.000417. The summed E-state index contributed by atoms with van der Waals surface area (Å²) in [5.41, 5.74) is 0.000417. The van der Waals surface area contributed by atoms with Gasteiger partial charge in [-0.3, -0.25) is 0 Å². The van der Waals surface area contributed by atoms with E-state index in [1.807, 2.05) is 0 Å². The Morgan fingerprint density at radius 1 is 1.50 bits per heavy atom. The molecular formula is C7H6O4S. The van der Waals surface area contributed by atoms with Crippen LogP contribution < -0.4 is 0 Å². The van der Waals surface area contributed by atoms with Gasteiger partial charge in [0.15, 0.2) is 0 Å². The lowest BCUT2D eigenvalue weighted by atomic mass is 10.1. The van der Waals surface area contributed by atoms with Gasteiger partial charge in [-0.1, -0.05) is 12.2 Å². The molecule has 0 amide bonds. The molecule has 12 heavy (non-hydrogen) atoms. The fourth-order valence-corrected chi connectivity index (χ4v) is 1.29. The summed E-state index contributed by atoms with van der Waals surface area (Å²) >= 11 is 0. The first-order valence-electron chi connectivity index (χ1n) is 3.18. The van der Waals surface area contributed by atoms with E-state index in [4.69, 9.17) is 5.11 Å². The van der Waals surface area contributed by atoms with Crippen molar-refractivity contribution in [3.8, 4) is 0 Å². The molecule has 0 saturated carbocycles. The van der Waals surface area contributed by atoms with E-state index in [-0.39, 0.29) is 16.9 Å². The number of carboxylic acids is 1. The first kappa shape index (κ1) is 8.73. The van der Waals surface area contributed by atoms with Gasteiger partial charge in [0.25, 0.3) is 0 Å². The predicted molar refractivity (Wildman–Crippen MR) is 43.4 cm³/mol. The lowest BCUT2D eigenvalue weighted by Crippen LogP contribution is -2.06. The fraction of sp³-hybridized carbons (Fsp3) is 0.143. The van der Waals surface area contributed by atoms with Crippen LogP contribution in [-0.2, 0) is 15.1 Å². The molecule has 1 aliphatic rings. The molecule has 0 saturated heterocycles. The average molecular weight is 186 g/mol. The Bertz CT molecular complexity index is 389. The molecule has 1 aliphatic carbocycles. The van der Waals surface area contributed by atoms with Crippen LogP contribution in [0.25, 0.3) is 0 Å². The highest BCUT2D eigenvalue weighted by molar-refractivity contribution is 7.73. The highest BCUT2D eigenvalue weighted by atomic mass is 32.2. The van der Waals surface area contributed by atoms with E-state index in [1.54, 1.807) is 0 Å². The molecule has 0 aromatic rings. The van der Waals surface area contributed by atoms with Gasteiger partial charge in [-0.15, -0.1) is 0 Å². The zero-order valence-electron chi connectivity index (χ0n) is 6.02. The highest BCUT2D eigenvalue weighted by Crippen LogP contribution is 2.06. The molecule has 0 spiro atoms. The van der Waals surface area contributed by atoms with Crippen LogP contribution >= 0.6 is 0 Å². The van der Waals surface area contributed by atoms with Gasteiger partial charge in [0.05, 0.1) is 10.4 Å². The van der Waals surface area contributed by atoms with Gasteiger partial charge in [0.2, 0.25) is 10.3 Å². The molecule has 0 heterocycles. The molecule has 4 nitrogen and oxygen atoms in total. The number of hydrogen-bond donors (Lipinski definition) is 1. The normalized spacial score (nSPS) is 15.7. The van der Waals surface area contributed by atoms with Crippen molar-refractivity contribution >= 4 is 21.1 Å². The maximum atomic E-state index is 10.4. The number of carbonyl (C=O) groups is 1. The molecule has 1 N–H and O–H groups in total. The van der Waals surface area contributed by atoms with Crippen LogP contribution in [0.1, 0.15) is 6.42 Å². The minimum atomic E-state index is -2.31. The van der Waals surface area contributed by atoms with Gasteiger partial charge < -0.3 is 5.11 Å². The van der Waals surface area contributed by atoms with Crippen molar-refractivity contribution in [2.24, 2.45) is 0 Å². The van der Waals surface area contributed by atoms with E-state index in [0.29, 0.717) is 0 Å². The van der Waals surface area contributed by atoms with Gasteiger partial charge in [-0.25, -0.2) is 4.79 Å². The Labute approximate surface area is 70.4 Å². The van der Waals surface area contributed by atoms with Crippen molar-refractivity contribution in [1.29, 1.82) is 0 Å². The van der Waals surface area contributed by atoms with E-state index in [2.05, 4.69) is 0 Å². The summed E-state index contributed by atoms with van der Waals surface area (Å²) in [5.74, 6) is -1.12. The zero-order chi connectivity index (χ0) is 9.14. The van der Waals surface area contributed by atoms with E-state index < -0.39 is 16.3 Å². The van der Waals surface area contributed by atoms with Gasteiger partial charge in [0.1, 0.15) is 0 Å². The number of aliphatic carboxylic acids is 1. The largest absolute Gasteiger partial charge is 0.478 e. The maximum absolute atomic E-state index is 10.4. The van der Waals surface area contributed by atoms with Crippen molar-refractivity contribution in [3.05, 3.63) is 23.8 Å². The van der Waals surface area contributed by atoms with Crippen LogP contribution in [0.15, 0.2) is 23.8 Å². The van der Waals surface area contributed by atoms with Crippen LogP contribution in [0.3, 0.4) is 0 Å². The van der Waals surface area contributed by atoms with Crippen molar-refractivity contribution in [3.63, 3.8) is 0 Å². The van der Waals surface area contributed by atoms with E-state index >= 15 is 0 Å². The molecular weight excluding hydrogens is 180 g/mol. The third-order valence-corrected chi connectivity index (χ3v) is 2.11. The number of rotatable bonds is 1. The third kappa shape index (κ3) is 1.82. The molecule has 5 heteroatoms. The standard InChI is InChI=1S/C7H6O4S/c8-7(9)5-2-1-3-6(4-5)12(10)11/h1-2,4H,3H2,(H,8,9). The van der Waals surface area contributed by atoms with Crippen molar-refractivity contribution < 1.29 is 18.3 Å². The van der Waals surface area contributed by atoms with E-state index in [0.717, 1.165) is 6.08 Å². The smallest absolute Gasteiger partial charge is 0.335 e. The fourth-order valence-electron chi connectivity index (χ4n) is 0.832. The van der Waals surface area contributed by atoms with Crippen molar-refractivity contribution in [1.82, 2.24) is 0 Å². The van der Waals surface area contributed by atoms with Crippen LogP contribution in [0.4, 0.5) is 0 Å². The molecule has 0 aromatic carbocycles. The monoisotopic (exact) mass is 186 g/mol. The van der Waals surface area contributed by atoms with Crippen molar-refractivity contribution in [2.45, 2.75) is 6.42 Å². The summed E-state index contributed by atoms with van der Waals surface area (Å²) in [6, 6.07) is 0. The number of hydrogen-bond acceptors (Lipinski definition) is 3. The third-order valence-electron chi connectivity index (χ3n) is 1.39. The quantitative estimate of drug-likeness (QED) is 0.585. The number of carboxylic acid groups (broad SMARTS) is 1. The number of allylic oxidation sites excluding steroid dienone is 2. The summed E-state index contributed by atoms with van der Waals surface area (Å²) in [7, 11) is -2.31. The predicted octanol–water partition coefficient (Wildman–Crippen LogP) is 0.00880. The van der Waals surface area contributed by atoms with Crippen LogP contribution in [0.2, 0.25) is 0 Å². The molecule has 0 radical (unpaired) electrons. The topological polar surface area (TPSA) is 71.4 Å². The highest BCUT2D eigenvalue weighted by Gasteiger charge is 2.09. The lowest BCUT2D eigenvalue weighted by Gasteiger charge is -2.00. The Balaban J connectivity index is 3.16. The minimum Gasteiger partial charge on any atom is -0.478 e. The summed E-state index contributed by atoms with van der Waals surface area (Å²) < 4.78 is 20.8. The van der Waals surface area contributed by atoms with Crippen LogP contribution in [0, 0.1) is 0 Å². The molecule has 0 aromatic heterocycles. The van der Waals surface area contributed by atoms with Crippen LogP contribution in [-0.4, -0.2) is 24.4 Å². The second-order valence-electron chi connectivity index (χ2n) is 2.21. The van der Waals surface area contributed by atoms with Gasteiger partial charge in [-0.2, -0.15) is 8.42 Å². The Hall–Kier alpha value is -1.36. The molecule has 0 atom stereocenters. The second-order valence-corrected chi connectivity index (χ2v) is 3.21. The lowest BCUT2D eigenvalue weighted by molar-refractivity contribution is -0.132. The summed E-state index contributed by atoms with van der Waals surface area (Å²) in [6.45, 7) is 0. The summed E-state index contributed by atoms with van der Waals surface area (Å²) in [4.78, 5) is 10.5. The average Bonchev–Trinajstić information content (AvgIpc) is 2.04. The first-order chi connectivity index (χ1) is 5.61. The van der Waals surface area contributed by atoms with Gasteiger partial charge in [0, 0.05) is 6.42 Å². The van der Waals surface area contributed by atoms with Gasteiger partial charge in [-0.05, 0) is 6.08 Å². The van der Waals surface area contributed by atoms with Crippen LogP contribution in [0.5, 0.6) is 0 Å². The summed E-state index contributed by atoms with van der Waals surface area (Å²) in [6.07, 6.45) is 4.33. The Kier molecular flexibility index (Phi) is 2.44. The van der Waals surface area contributed by atoms with Gasteiger partial charge >= 0.3 is 5.97 Å². The summed E-state index contributed by atoms with van der Waals surface area (Å²) in [5, 5.41) is 8.50. The van der Waals surface area contributed by atoms with Crippen molar-refractivity contribution in [2.75, 3.05) is 0 Å². The Morgan fingerprint density at radius 3 is 2.67 bits per heavy atom. The molecule has 0 bridgehead atoms. The molecule has 0 unspecified atom stereocenters. The molecule has 1 rings (SSSR count). The zero-order valence-corrected chi connectivity index (χ0v) is 6.84. The SMILES string of the molecule is O=C(O)C1=CC(=S(=O)=O)CC=C1. The molecule has 64 valence electrons. The molecule has 0 aliphatic heterocycles.